The standard InChI is InChI=1S/C18H20BrFO/c1-12(2)7-13-3-5-15(6-4-13)18(21)10-14-8-16(19)11-17(20)9-14/h3-6,8-9,11-12,18,21H,7,10H2,1-2H3. The van der Waals surface area contributed by atoms with Gasteiger partial charge in [-0.25, -0.2) is 4.39 Å². The zero-order valence-electron chi connectivity index (χ0n) is 12.3. The number of hydrogen-bond donors (Lipinski definition) is 1. The minimum atomic E-state index is -0.619. The van der Waals surface area contributed by atoms with E-state index in [1.807, 2.05) is 18.2 Å². The first-order valence-electron chi connectivity index (χ1n) is 7.16. The molecule has 0 bridgehead atoms. The van der Waals surface area contributed by atoms with E-state index in [1.54, 1.807) is 0 Å². The van der Waals surface area contributed by atoms with Crippen LogP contribution < -0.4 is 0 Å². The summed E-state index contributed by atoms with van der Waals surface area (Å²) in [4.78, 5) is 0. The van der Waals surface area contributed by atoms with Crippen molar-refractivity contribution >= 4 is 15.9 Å². The van der Waals surface area contributed by atoms with E-state index in [1.165, 1.54) is 17.7 Å². The third-order valence-corrected chi connectivity index (χ3v) is 3.82. The van der Waals surface area contributed by atoms with Crippen LogP contribution in [0.5, 0.6) is 0 Å². The molecule has 2 rings (SSSR count). The van der Waals surface area contributed by atoms with Crippen molar-refractivity contribution in [3.63, 3.8) is 0 Å². The molecule has 1 nitrogen and oxygen atoms in total. The van der Waals surface area contributed by atoms with E-state index >= 15 is 0 Å². The quantitative estimate of drug-likeness (QED) is 0.798. The third kappa shape index (κ3) is 4.94. The molecule has 0 amide bonds. The van der Waals surface area contributed by atoms with Crippen LogP contribution in [-0.2, 0) is 12.8 Å². The molecular weight excluding hydrogens is 331 g/mol. The molecule has 21 heavy (non-hydrogen) atoms. The van der Waals surface area contributed by atoms with Gasteiger partial charge in [0.25, 0.3) is 0 Å². The maximum absolute atomic E-state index is 13.3. The number of aliphatic hydroxyl groups excluding tert-OH is 1. The highest BCUT2D eigenvalue weighted by atomic mass is 79.9. The van der Waals surface area contributed by atoms with Gasteiger partial charge in [0.05, 0.1) is 6.10 Å². The summed E-state index contributed by atoms with van der Waals surface area (Å²) >= 11 is 3.27. The Labute approximate surface area is 134 Å². The largest absolute Gasteiger partial charge is 0.388 e. The van der Waals surface area contributed by atoms with Crippen molar-refractivity contribution in [3.05, 3.63) is 69.4 Å². The fraction of sp³-hybridized carbons (Fsp3) is 0.333. The summed E-state index contributed by atoms with van der Waals surface area (Å²) in [7, 11) is 0. The van der Waals surface area contributed by atoms with Gasteiger partial charge in [0.15, 0.2) is 0 Å². The molecule has 0 saturated carbocycles. The summed E-state index contributed by atoms with van der Waals surface area (Å²) in [5, 5.41) is 10.3. The Morgan fingerprint density at radius 2 is 1.67 bits per heavy atom. The average molecular weight is 351 g/mol. The highest BCUT2D eigenvalue weighted by Crippen LogP contribution is 2.22. The first-order chi connectivity index (χ1) is 9.94. The molecule has 0 aliphatic heterocycles. The molecule has 3 heteroatoms. The smallest absolute Gasteiger partial charge is 0.124 e. The van der Waals surface area contributed by atoms with E-state index in [4.69, 9.17) is 0 Å². The summed E-state index contributed by atoms with van der Waals surface area (Å²) < 4.78 is 14.0. The van der Waals surface area contributed by atoms with Crippen LogP contribution in [0.4, 0.5) is 4.39 Å². The van der Waals surface area contributed by atoms with Crippen molar-refractivity contribution in [1.29, 1.82) is 0 Å². The van der Waals surface area contributed by atoms with Crippen molar-refractivity contribution < 1.29 is 9.50 Å². The average Bonchev–Trinajstić information content (AvgIpc) is 2.37. The molecule has 0 heterocycles. The van der Waals surface area contributed by atoms with E-state index in [9.17, 15) is 9.50 Å². The molecule has 0 spiro atoms. The second-order valence-electron chi connectivity index (χ2n) is 5.84. The van der Waals surface area contributed by atoms with Gasteiger partial charge in [-0.15, -0.1) is 0 Å². The molecule has 0 aliphatic carbocycles. The van der Waals surface area contributed by atoms with Gasteiger partial charge in [-0.2, -0.15) is 0 Å². The summed E-state index contributed by atoms with van der Waals surface area (Å²) in [6, 6.07) is 12.7. The van der Waals surface area contributed by atoms with Crippen molar-refractivity contribution in [2.45, 2.75) is 32.8 Å². The van der Waals surface area contributed by atoms with Gasteiger partial charge < -0.3 is 5.11 Å². The molecule has 0 fully saturated rings. The van der Waals surface area contributed by atoms with E-state index in [0.717, 1.165) is 17.5 Å². The Kier molecular flexibility index (Phi) is 5.54. The van der Waals surface area contributed by atoms with Crippen molar-refractivity contribution in [1.82, 2.24) is 0 Å². The molecular formula is C18H20BrFO. The molecule has 0 radical (unpaired) electrons. The monoisotopic (exact) mass is 350 g/mol. The van der Waals surface area contributed by atoms with Gasteiger partial charge in [-0.3, -0.25) is 0 Å². The van der Waals surface area contributed by atoms with E-state index in [-0.39, 0.29) is 5.82 Å². The number of hydrogen-bond acceptors (Lipinski definition) is 1. The topological polar surface area (TPSA) is 20.2 Å². The molecule has 0 saturated heterocycles. The van der Waals surface area contributed by atoms with E-state index < -0.39 is 6.10 Å². The van der Waals surface area contributed by atoms with Crippen LogP contribution in [0.3, 0.4) is 0 Å². The van der Waals surface area contributed by atoms with E-state index in [2.05, 4.69) is 41.9 Å². The van der Waals surface area contributed by atoms with Crippen LogP contribution in [0.2, 0.25) is 0 Å². The van der Waals surface area contributed by atoms with Crippen LogP contribution in [-0.4, -0.2) is 5.11 Å². The minimum absolute atomic E-state index is 0.293. The van der Waals surface area contributed by atoms with Crippen LogP contribution in [0.1, 0.15) is 36.6 Å². The lowest BCUT2D eigenvalue weighted by molar-refractivity contribution is 0.178. The van der Waals surface area contributed by atoms with Gasteiger partial charge in [0, 0.05) is 10.9 Å². The van der Waals surface area contributed by atoms with Gasteiger partial charge in [-0.1, -0.05) is 54.0 Å². The normalized spacial score (nSPS) is 12.7. The summed E-state index contributed by atoms with van der Waals surface area (Å²) in [6.07, 6.45) is 0.819. The molecule has 0 aromatic heterocycles. The zero-order chi connectivity index (χ0) is 15.4. The molecule has 2 aromatic carbocycles. The maximum Gasteiger partial charge on any atom is 0.124 e. The van der Waals surface area contributed by atoms with Crippen LogP contribution in [0, 0.1) is 11.7 Å². The summed E-state index contributed by atoms with van der Waals surface area (Å²) in [5.41, 5.74) is 2.91. The van der Waals surface area contributed by atoms with Gasteiger partial charge in [0.2, 0.25) is 0 Å². The molecule has 1 unspecified atom stereocenters. The number of aliphatic hydroxyl groups is 1. The maximum atomic E-state index is 13.3. The molecule has 112 valence electrons. The molecule has 0 aliphatic rings. The Morgan fingerprint density at radius 1 is 1.00 bits per heavy atom. The van der Waals surface area contributed by atoms with Crippen molar-refractivity contribution in [3.8, 4) is 0 Å². The van der Waals surface area contributed by atoms with Crippen LogP contribution in [0.25, 0.3) is 0 Å². The fourth-order valence-corrected chi connectivity index (χ4v) is 2.93. The zero-order valence-corrected chi connectivity index (χ0v) is 13.9. The molecule has 1 N–H and O–H groups in total. The number of benzene rings is 2. The van der Waals surface area contributed by atoms with E-state index in [0.29, 0.717) is 16.8 Å². The van der Waals surface area contributed by atoms with Gasteiger partial charge >= 0.3 is 0 Å². The Balaban J connectivity index is 2.07. The molecule has 1 atom stereocenters. The second kappa shape index (κ2) is 7.19. The SMILES string of the molecule is CC(C)Cc1ccc(C(O)Cc2cc(F)cc(Br)c2)cc1. The lowest BCUT2D eigenvalue weighted by Crippen LogP contribution is -2.03. The van der Waals surface area contributed by atoms with Crippen molar-refractivity contribution in [2.75, 3.05) is 0 Å². The Morgan fingerprint density at radius 3 is 2.24 bits per heavy atom. The summed E-state index contributed by atoms with van der Waals surface area (Å²) in [5.74, 6) is 0.323. The first-order valence-corrected chi connectivity index (χ1v) is 7.95. The van der Waals surface area contributed by atoms with Crippen LogP contribution >= 0.6 is 15.9 Å². The lowest BCUT2D eigenvalue weighted by atomic mass is 9.97. The highest BCUT2D eigenvalue weighted by molar-refractivity contribution is 9.10. The summed E-state index contributed by atoms with van der Waals surface area (Å²) in [6.45, 7) is 4.37. The van der Waals surface area contributed by atoms with Gasteiger partial charge in [0.1, 0.15) is 5.82 Å². The van der Waals surface area contributed by atoms with Crippen molar-refractivity contribution in [2.24, 2.45) is 5.92 Å². The lowest BCUT2D eigenvalue weighted by Gasteiger charge is -2.13. The molecule has 2 aromatic rings. The predicted octanol–water partition coefficient (Wildman–Crippen LogP) is 5.06. The number of halogens is 2. The predicted molar refractivity (Wildman–Crippen MR) is 87.7 cm³/mol. The van der Waals surface area contributed by atoms with Gasteiger partial charge in [-0.05, 0) is 47.2 Å². The second-order valence-corrected chi connectivity index (χ2v) is 6.75. The highest BCUT2D eigenvalue weighted by Gasteiger charge is 2.10. The van der Waals surface area contributed by atoms with Crippen LogP contribution in [0.15, 0.2) is 46.9 Å². The Hall–Kier alpha value is -1.19. The first kappa shape index (κ1) is 16.2. The minimum Gasteiger partial charge on any atom is -0.388 e. The fourth-order valence-electron chi connectivity index (χ4n) is 2.42. The number of rotatable bonds is 5. The third-order valence-electron chi connectivity index (χ3n) is 3.36. The Bertz CT molecular complexity index is 572.